The molecule has 0 spiro atoms. The van der Waals surface area contributed by atoms with Crippen molar-refractivity contribution in [1.82, 2.24) is 0 Å². The lowest BCUT2D eigenvalue weighted by Gasteiger charge is -2.20. The molecule has 5 rings (SSSR count). The first-order valence-electron chi connectivity index (χ1n) is 10.9. The van der Waals surface area contributed by atoms with Gasteiger partial charge in [-0.1, -0.05) is 107 Å². The maximum absolute atomic E-state index is 6.34. The maximum atomic E-state index is 6.34. The van der Waals surface area contributed by atoms with Gasteiger partial charge < -0.3 is 9.47 Å². The second-order valence-electron chi connectivity index (χ2n) is 7.59. The van der Waals surface area contributed by atoms with Crippen molar-refractivity contribution in [3.8, 4) is 23.0 Å². The van der Waals surface area contributed by atoms with E-state index in [9.17, 15) is 0 Å². The Kier molecular flexibility index (Phi) is 6.32. The number of benzene rings is 5. The summed E-state index contributed by atoms with van der Waals surface area (Å²) in [7, 11) is -1.30. The van der Waals surface area contributed by atoms with Crippen LogP contribution in [-0.2, 0) is 0 Å². The first kappa shape index (κ1) is 20.8. The molecule has 1 radical (unpaired) electrons. The van der Waals surface area contributed by atoms with Crippen LogP contribution in [-0.4, -0.2) is 8.80 Å². The molecule has 0 saturated heterocycles. The van der Waals surface area contributed by atoms with Crippen LogP contribution >= 0.6 is 0 Å². The van der Waals surface area contributed by atoms with E-state index in [1.807, 2.05) is 66.7 Å². The third kappa shape index (κ3) is 5.05. The molecule has 3 heteroatoms. The summed E-state index contributed by atoms with van der Waals surface area (Å²) in [4.78, 5) is 0. The molecular weight excluding hydrogens is 420 g/mol. The Hall–Kier alpha value is -4.08. The lowest BCUT2D eigenvalue weighted by molar-refractivity contribution is 0.483. The van der Waals surface area contributed by atoms with Crippen LogP contribution in [0.4, 0.5) is 0 Å². The lowest BCUT2D eigenvalue weighted by atomic mass is 10.3. The molecule has 0 heterocycles. The highest BCUT2D eigenvalue weighted by Gasteiger charge is 2.23. The molecule has 0 saturated carbocycles. The monoisotopic (exact) mass is 443 g/mol. The van der Waals surface area contributed by atoms with Gasteiger partial charge in [-0.05, 0) is 47.7 Å². The number of rotatable bonds is 7. The second-order valence-corrected chi connectivity index (χ2v) is 10.0. The molecule has 33 heavy (non-hydrogen) atoms. The Bertz CT molecular complexity index is 1290. The van der Waals surface area contributed by atoms with E-state index in [1.54, 1.807) is 0 Å². The molecule has 0 fully saturated rings. The molecule has 0 N–H and O–H groups in total. The number of para-hydroxylation sites is 3. The summed E-state index contributed by atoms with van der Waals surface area (Å²) >= 11 is 0. The van der Waals surface area contributed by atoms with Gasteiger partial charge in [0, 0.05) is 0 Å². The van der Waals surface area contributed by atoms with Crippen LogP contribution in [0.2, 0.25) is 0 Å². The van der Waals surface area contributed by atoms with Crippen molar-refractivity contribution >= 4 is 24.4 Å². The lowest BCUT2D eigenvalue weighted by Crippen LogP contribution is -2.52. The van der Waals surface area contributed by atoms with Gasteiger partial charge in [0.2, 0.25) is 0 Å². The van der Waals surface area contributed by atoms with E-state index < -0.39 is 8.80 Å². The van der Waals surface area contributed by atoms with Gasteiger partial charge in [-0.25, -0.2) is 0 Å². The van der Waals surface area contributed by atoms with Crippen molar-refractivity contribution in [2.45, 2.75) is 0 Å². The summed E-state index contributed by atoms with van der Waals surface area (Å²) in [6.07, 6.45) is 0. The standard InChI is InChI=1S/C30H23O2Si/c1-4-12-24(13-5-1)31-26-20-22-28(23-21-26)33(27-16-8-3-9-17-27)30-19-11-10-18-29(30)32-25-14-6-2-7-15-25/h1-23H. The van der Waals surface area contributed by atoms with Gasteiger partial charge in [0.25, 0.3) is 0 Å². The van der Waals surface area contributed by atoms with Crippen LogP contribution in [0.25, 0.3) is 0 Å². The van der Waals surface area contributed by atoms with Crippen LogP contribution in [0, 0.1) is 0 Å². The summed E-state index contributed by atoms with van der Waals surface area (Å²) in [5.41, 5.74) is 0. The quantitative estimate of drug-likeness (QED) is 0.234. The summed E-state index contributed by atoms with van der Waals surface area (Å²) in [6, 6.07) is 47.3. The normalized spacial score (nSPS) is 10.7. The summed E-state index contributed by atoms with van der Waals surface area (Å²) < 4.78 is 12.4. The van der Waals surface area contributed by atoms with E-state index in [2.05, 4.69) is 72.8 Å². The fraction of sp³-hybridized carbons (Fsp3) is 0. The minimum Gasteiger partial charge on any atom is -0.457 e. The molecule has 5 aromatic rings. The first-order chi connectivity index (χ1) is 16.4. The van der Waals surface area contributed by atoms with Crippen molar-refractivity contribution in [3.63, 3.8) is 0 Å². The fourth-order valence-corrected chi connectivity index (χ4v) is 6.40. The summed E-state index contributed by atoms with van der Waals surface area (Å²) in [6.45, 7) is 0. The largest absolute Gasteiger partial charge is 0.457 e. The number of ether oxygens (including phenoxy) is 2. The van der Waals surface area contributed by atoms with E-state index in [-0.39, 0.29) is 0 Å². The predicted octanol–water partition coefficient (Wildman–Crippen LogP) is 5.79. The molecule has 0 aliphatic carbocycles. The predicted molar refractivity (Wildman–Crippen MR) is 137 cm³/mol. The smallest absolute Gasteiger partial charge is 0.159 e. The molecule has 2 nitrogen and oxygen atoms in total. The van der Waals surface area contributed by atoms with Crippen LogP contribution in [0.1, 0.15) is 0 Å². The van der Waals surface area contributed by atoms with E-state index in [4.69, 9.17) is 9.47 Å². The molecule has 0 aliphatic heterocycles. The Morgan fingerprint density at radius 1 is 0.364 bits per heavy atom. The summed E-state index contributed by atoms with van der Waals surface area (Å²) in [5.74, 6) is 3.39. The van der Waals surface area contributed by atoms with Gasteiger partial charge in [-0.3, -0.25) is 0 Å². The van der Waals surface area contributed by atoms with Crippen molar-refractivity contribution in [3.05, 3.63) is 140 Å². The average molecular weight is 444 g/mol. The van der Waals surface area contributed by atoms with E-state index in [1.165, 1.54) is 15.6 Å². The van der Waals surface area contributed by atoms with Gasteiger partial charge in [0.05, 0.1) is 0 Å². The van der Waals surface area contributed by atoms with Crippen LogP contribution < -0.4 is 25.0 Å². The van der Waals surface area contributed by atoms with Crippen LogP contribution in [0.5, 0.6) is 23.0 Å². The highest BCUT2D eigenvalue weighted by molar-refractivity contribution is 6.96. The second kappa shape index (κ2) is 10.0. The van der Waals surface area contributed by atoms with Gasteiger partial charge >= 0.3 is 0 Å². The van der Waals surface area contributed by atoms with Crippen LogP contribution in [0.15, 0.2) is 140 Å². The minimum atomic E-state index is -1.30. The Morgan fingerprint density at radius 2 is 0.818 bits per heavy atom. The molecule has 5 aromatic carbocycles. The Balaban J connectivity index is 1.52. The highest BCUT2D eigenvalue weighted by Crippen LogP contribution is 2.21. The molecule has 0 unspecified atom stereocenters. The van der Waals surface area contributed by atoms with Crippen molar-refractivity contribution in [2.75, 3.05) is 0 Å². The SMILES string of the molecule is c1ccc(Oc2ccc([Si](c3ccccc3)c3ccccc3Oc3ccccc3)cc2)cc1. The van der Waals surface area contributed by atoms with Crippen molar-refractivity contribution in [2.24, 2.45) is 0 Å². The Morgan fingerprint density at radius 3 is 1.45 bits per heavy atom. The number of hydrogen-bond donors (Lipinski definition) is 0. The zero-order valence-corrected chi connectivity index (χ0v) is 19.1. The van der Waals surface area contributed by atoms with Gasteiger partial charge in [-0.2, -0.15) is 0 Å². The molecule has 0 bridgehead atoms. The molecule has 0 aromatic heterocycles. The van der Waals surface area contributed by atoms with Crippen molar-refractivity contribution in [1.29, 1.82) is 0 Å². The maximum Gasteiger partial charge on any atom is 0.159 e. The third-order valence-electron chi connectivity index (χ3n) is 5.31. The Labute approximate surface area is 196 Å². The minimum absolute atomic E-state index is 0.827. The zero-order valence-electron chi connectivity index (χ0n) is 18.1. The molecule has 0 atom stereocenters. The average Bonchev–Trinajstić information content (AvgIpc) is 2.88. The van der Waals surface area contributed by atoms with Gasteiger partial charge in [0.15, 0.2) is 8.80 Å². The highest BCUT2D eigenvalue weighted by atomic mass is 28.3. The molecule has 159 valence electrons. The van der Waals surface area contributed by atoms with Gasteiger partial charge in [-0.15, -0.1) is 0 Å². The van der Waals surface area contributed by atoms with Crippen LogP contribution in [0.3, 0.4) is 0 Å². The van der Waals surface area contributed by atoms with E-state index >= 15 is 0 Å². The van der Waals surface area contributed by atoms with Gasteiger partial charge in [0.1, 0.15) is 23.0 Å². The van der Waals surface area contributed by atoms with Crippen molar-refractivity contribution < 1.29 is 9.47 Å². The molecule has 0 aliphatic rings. The first-order valence-corrected chi connectivity index (χ1v) is 12.4. The van der Waals surface area contributed by atoms with E-state index in [0.29, 0.717) is 0 Å². The number of hydrogen-bond acceptors (Lipinski definition) is 2. The molecular formula is C30H23O2Si. The zero-order chi connectivity index (χ0) is 22.3. The molecule has 0 amide bonds. The van der Waals surface area contributed by atoms with E-state index in [0.717, 1.165) is 23.0 Å². The summed E-state index contributed by atoms with van der Waals surface area (Å²) in [5, 5.41) is 3.80. The topological polar surface area (TPSA) is 18.5 Å². The fourth-order valence-electron chi connectivity index (χ4n) is 3.77. The third-order valence-corrected chi connectivity index (χ3v) is 8.08.